The van der Waals surface area contributed by atoms with E-state index in [4.69, 9.17) is 11.6 Å². The Morgan fingerprint density at radius 1 is 1.21 bits per heavy atom. The van der Waals surface area contributed by atoms with Gasteiger partial charge in [0, 0.05) is 26.4 Å². The van der Waals surface area contributed by atoms with Crippen LogP contribution in [0, 0.1) is 6.92 Å². The van der Waals surface area contributed by atoms with Crippen molar-refractivity contribution in [3.63, 3.8) is 0 Å². The molecular formula is C21H22ClNS. The van der Waals surface area contributed by atoms with E-state index >= 15 is 0 Å². The third-order valence-electron chi connectivity index (χ3n) is 4.96. The number of aryl methyl sites for hydroxylation is 1. The molecule has 0 spiro atoms. The van der Waals surface area contributed by atoms with E-state index in [2.05, 4.69) is 69.4 Å². The van der Waals surface area contributed by atoms with Gasteiger partial charge >= 0.3 is 0 Å². The lowest BCUT2D eigenvalue weighted by Crippen LogP contribution is -2.37. The molecule has 0 fully saturated rings. The van der Waals surface area contributed by atoms with Crippen LogP contribution >= 0.6 is 22.9 Å². The molecule has 2 heterocycles. The molecule has 0 amide bonds. The maximum atomic E-state index is 6.92. The van der Waals surface area contributed by atoms with Gasteiger partial charge in [-0.1, -0.05) is 36.7 Å². The van der Waals surface area contributed by atoms with Gasteiger partial charge in [0.25, 0.3) is 0 Å². The summed E-state index contributed by atoms with van der Waals surface area (Å²) in [6.45, 7) is 9.01. The number of thiophene rings is 1. The van der Waals surface area contributed by atoms with Crippen molar-refractivity contribution in [2.24, 2.45) is 0 Å². The average molecular weight is 356 g/mol. The lowest BCUT2D eigenvalue weighted by atomic mass is 9.80. The van der Waals surface area contributed by atoms with Crippen molar-refractivity contribution in [3.05, 3.63) is 52.5 Å². The Morgan fingerprint density at radius 3 is 2.71 bits per heavy atom. The van der Waals surface area contributed by atoms with Crippen molar-refractivity contribution in [2.45, 2.75) is 45.6 Å². The van der Waals surface area contributed by atoms with Crippen LogP contribution in [0.1, 0.15) is 44.2 Å². The maximum absolute atomic E-state index is 6.92. The number of benzene rings is 2. The van der Waals surface area contributed by atoms with Crippen LogP contribution in [-0.4, -0.2) is 5.54 Å². The molecule has 2 aromatic carbocycles. The van der Waals surface area contributed by atoms with Gasteiger partial charge in [0.1, 0.15) is 0 Å². The Morgan fingerprint density at radius 2 is 1.96 bits per heavy atom. The number of anilines is 1. The smallest absolute Gasteiger partial charge is 0.0548 e. The Kier molecular flexibility index (Phi) is 3.67. The first-order valence-electron chi connectivity index (χ1n) is 8.46. The van der Waals surface area contributed by atoms with Crippen LogP contribution in [0.2, 0.25) is 5.02 Å². The molecule has 1 atom stereocenters. The fraction of sp³-hybridized carbons (Fsp3) is 0.333. The van der Waals surface area contributed by atoms with E-state index in [9.17, 15) is 0 Å². The average Bonchev–Trinajstić information content (AvgIpc) is 2.92. The molecule has 1 aliphatic rings. The second-order valence-corrected chi connectivity index (χ2v) is 9.07. The molecule has 0 saturated heterocycles. The van der Waals surface area contributed by atoms with Gasteiger partial charge in [-0.15, -0.1) is 11.3 Å². The summed E-state index contributed by atoms with van der Waals surface area (Å²) in [5.41, 5.74) is 5.07. The summed E-state index contributed by atoms with van der Waals surface area (Å²) in [5, 5.41) is 5.90. The summed E-state index contributed by atoms with van der Waals surface area (Å²) in [4.78, 5) is 1.25. The van der Waals surface area contributed by atoms with Gasteiger partial charge < -0.3 is 5.32 Å². The predicted molar refractivity (Wildman–Crippen MR) is 108 cm³/mol. The highest BCUT2D eigenvalue weighted by Crippen LogP contribution is 2.48. The second-order valence-electron chi connectivity index (χ2n) is 7.61. The monoisotopic (exact) mass is 355 g/mol. The zero-order valence-corrected chi connectivity index (χ0v) is 16.1. The Balaban J connectivity index is 1.92. The second kappa shape index (κ2) is 5.50. The van der Waals surface area contributed by atoms with Crippen LogP contribution in [0.25, 0.3) is 20.5 Å². The van der Waals surface area contributed by atoms with Crippen LogP contribution in [0.4, 0.5) is 5.69 Å². The number of nitrogens with one attached hydrogen (secondary N) is 1. The molecule has 3 aromatic rings. The first-order valence-corrected chi connectivity index (χ1v) is 9.65. The number of rotatable bonds is 1. The van der Waals surface area contributed by atoms with Crippen molar-refractivity contribution < 1.29 is 0 Å². The molecule has 0 saturated carbocycles. The van der Waals surface area contributed by atoms with Crippen LogP contribution in [-0.2, 0) is 0 Å². The van der Waals surface area contributed by atoms with E-state index in [0.29, 0.717) is 5.92 Å². The van der Waals surface area contributed by atoms with Crippen LogP contribution < -0.4 is 5.32 Å². The molecule has 0 bridgehead atoms. The van der Waals surface area contributed by atoms with Gasteiger partial charge in [0.2, 0.25) is 0 Å². The van der Waals surface area contributed by atoms with E-state index in [1.807, 2.05) is 11.3 Å². The first-order chi connectivity index (χ1) is 11.4. The summed E-state index contributed by atoms with van der Waals surface area (Å²) >= 11 is 8.74. The van der Waals surface area contributed by atoms with E-state index in [1.165, 1.54) is 37.3 Å². The molecule has 24 heavy (non-hydrogen) atoms. The highest BCUT2D eigenvalue weighted by atomic mass is 35.5. The molecule has 1 aliphatic heterocycles. The number of hydrogen-bond donors (Lipinski definition) is 1. The maximum Gasteiger partial charge on any atom is 0.0548 e. The number of fused-ring (bicyclic) bond motifs is 2. The van der Waals surface area contributed by atoms with E-state index in [1.54, 1.807) is 0 Å². The molecule has 3 heteroatoms. The molecule has 0 radical (unpaired) electrons. The van der Waals surface area contributed by atoms with Crippen molar-refractivity contribution in [2.75, 3.05) is 5.32 Å². The number of hydrogen-bond acceptors (Lipinski definition) is 2. The third-order valence-corrected chi connectivity index (χ3v) is 6.52. The molecule has 124 valence electrons. The van der Waals surface area contributed by atoms with Crippen molar-refractivity contribution in [3.8, 4) is 10.4 Å². The van der Waals surface area contributed by atoms with Gasteiger partial charge in [-0.2, -0.15) is 0 Å². The molecule has 1 unspecified atom stereocenters. The fourth-order valence-corrected chi connectivity index (χ4v) is 5.58. The topological polar surface area (TPSA) is 12.0 Å². The standard InChI is InChI=1S/C21H22ClNS/c1-12-9-15(17-10-14-7-5-6-8-16(14)24-17)19(22)18-13(2)11-21(3,4)23-20(12)18/h5-10,13,23H,11H2,1-4H3. The Labute approximate surface area is 152 Å². The lowest BCUT2D eigenvalue weighted by molar-refractivity contribution is 0.454. The largest absolute Gasteiger partial charge is 0.380 e. The van der Waals surface area contributed by atoms with Gasteiger partial charge in [0.05, 0.1) is 5.02 Å². The van der Waals surface area contributed by atoms with Gasteiger partial charge in [-0.3, -0.25) is 0 Å². The molecule has 0 aliphatic carbocycles. The highest BCUT2D eigenvalue weighted by Gasteiger charge is 2.32. The summed E-state index contributed by atoms with van der Waals surface area (Å²) < 4.78 is 1.31. The van der Waals surface area contributed by atoms with E-state index in [0.717, 1.165) is 11.4 Å². The van der Waals surface area contributed by atoms with Crippen LogP contribution in [0.5, 0.6) is 0 Å². The molecule has 1 nitrogen and oxygen atoms in total. The minimum absolute atomic E-state index is 0.111. The lowest BCUT2D eigenvalue weighted by Gasteiger charge is -2.39. The fourth-order valence-electron chi connectivity index (χ4n) is 4.00. The number of halogens is 1. The summed E-state index contributed by atoms with van der Waals surface area (Å²) in [7, 11) is 0. The normalized spacial score (nSPS) is 19.1. The SMILES string of the molecule is Cc1cc(-c2cc3ccccc3s2)c(Cl)c2c1NC(C)(C)CC2C. The van der Waals surface area contributed by atoms with Crippen LogP contribution in [0.15, 0.2) is 36.4 Å². The molecule has 1 aromatic heterocycles. The zero-order valence-electron chi connectivity index (χ0n) is 14.5. The van der Waals surface area contributed by atoms with Crippen molar-refractivity contribution in [1.82, 2.24) is 0 Å². The third kappa shape index (κ3) is 2.53. The van der Waals surface area contributed by atoms with Crippen molar-refractivity contribution >= 4 is 38.7 Å². The Hall–Kier alpha value is -1.51. The molecular weight excluding hydrogens is 334 g/mol. The highest BCUT2D eigenvalue weighted by molar-refractivity contribution is 7.22. The quantitative estimate of drug-likeness (QED) is 0.485. The van der Waals surface area contributed by atoms with E-state index < -0.39 is 0 Å². The van der Waals surface area contributed by atoms with Gasteiger partial charge in [0.15, 0.2) is 0 Å². The summed E-state index contributed by atoms with van der Waals surface area (Å²) in [6.07, 6.45) is 1.09. The Bertz CT molecular complexity index is 905. The zero-order chi connectivity index (χ0) is 17.1. The summed E-state index contributed by atoms with van der Waals surface area (Å²) in [5.74, 6) is 0.455. The molecule has 1 N–H and O–H groups in total. The minimum atomic E-state index is 0.111. The minimum Gasteiger partial charge on any atom is -0.380 e. The molecule has 4 rings (SSSR count). The van der Waals surface area contributed by atoms with E-state index in [-0.39, 0.29) is 5.54 Å². The van der Waals surface area contributed by atoms with Gasteiger partial charge in [-0.25, -0.2) is 0 Å². The van der Waals surface area contributed by atoms with Crippen LogP contribution in [0.3, 0.4) is 0 Å². The summed E-state index contributed by atoms with van der Waals surface area (Å²) in [6, 6.07) is 13.0. The van der Waals surface area contributed by atoms with Crippen molar-refractivity contribution in [1.29, 1.82) is 0 Å². The predicted octanol–water partition coefficient (Wildman–Crippen LogP) is 7.23. The van der Waals surface area contributed by atoms with Gasteiger partial charge in [-0.05, 0) is 67.8 Å². The first kappa shape index (κ1) is 16.0.